The zero-order chi connectivity index (χ0) is 18.6. The average molecular weight is 369 g/mol. The first kappa shape index (κ1) is 19.9. The van der Waals surface area contributed by atoms with Crippen molar-refractivity contribution >= 4 is 23.3 Å². The maximum absolute atomic E-state index is 11.6. The Morgan fingerprint density at radius 1 is 1.56 bits per heavy atom. The van der Waals surface area contributed by atoms with Crippen molar-refractivity contribution in [2.24, 2.45) is 5.92 Å². The molecule has 1 heterocycles. The SMILES string of the molecule is CCCCN1CCCC(C(C)c2c(N)c(Cl)cc(C(=O)O)c2OC)C1. The molecule has 140 valence electrons. The molecule has 0 bridgehead atoms. The van der Waals surface area contributed by atoms with E-state index in [-0.39, 0.29) is 16.5 Å². The van der Waals surface area contributed by atoms with E-state index >= 15 is 0 Å². The third-order valence-electron chi connectivity index (χ3n) is 5.27. The van der Waals surface area contributed by atoms with E-state index in [9.17, 15) is 9.90 Å². The number of piperidine rings is 1. The highest BCUT2D eigenvalue weighted by atomic mass is 35.5. The fraction of sp³-hybridized carbons (Fsp3) is 0.632. The molecule has 1 fully saturated rings. The van der Waals surface area contributed by atoms with E-state index in [2.05, 4.69) is 18.7 Å². The van der Waals surface area contributed by atoms with Crippen LogP contribution in [0.5, 0.6) is 5.75 Å². The number of likely N-dealkylation sites (tertiary alicyclic amines) is 1. The molecule has 1 saturated heterocycles. The maximum atomic E-state index is 11.6. The van der Waals surface area contributed by atoms with Crippen molar-refractivity contribution in [1.82, 2.24) is 4.90 Å². The number of benzene rings is 1. The minimum absolute atomic E-state index is 0.0715. The van der Waals surface area contributed by atoms with Crippen molar-refractivity contribution in [3.8, 4) is 5.75 Å². The summed E-state index contributed by atoms with van der Waals surface area (Å²) in [6.45, 7) is 7.55. The Morgan fingerprint density at radius 2 is 2.28 bits per heavy atom. The lowest BCUT2D eigenvalue weighted by atomic mass is 9.80. The van der Waals surface area contributed by atoms with Gasteiger partial charge in [-0.05, 0) is 50.3 Å². The van der Waals surface area contributed by atoms with Crippen LogP contribution in [0.4, 0.5) is 5.69 Å². The fourth-order valence-corrected chi connectivity index (χ4v) is 4.03. The first-order valence-electron chi connectivity index (χ1n) is 9.02. The quantitative estimate of drug-likeness (QED) is 0.704. The van der Waals surface area contributed by atoms with Crippen LogP contribution in [0.2, 0.25) is 5.02 Å². The van der Waals surface area contributed by atoms with E-state index in [4.69, 9.17) is 22.1 Å². The van der Waals surface area contributed by atoms with Gasteiger partial charge in [0.25, 0.3) is 0 Å². The Labute approximate surface area is 155 Å². The van der Waals surface area contributed by atoms with Crippen molar-refractivity contribution in [3.05, 3.63) is 22.2 Å². The molecular formula is C19H29ClN2O3. The van der Waals surface area contributed by atoms with E-state index < -0.39 is 5.97 Å². The lowest BCUT2D eigenvalue weighted by molar-refractivity contribution is 0.0693. The second-order valence-corrected chi connectivity index (χ2v) is 7.32. The van der Waals surface area contributed by atoms with Gasteiger partial charge < -0.3 is 20.5 Å². The number of carbonyl (C=O) groups is 1. The van der Waals surface area contributed by atoms with E-state index in [1.54, 1.807) is 0 Å². The Morgan fingerprint density at radius 3 is 2.88 bits per heavy atom. The number of nitrogens with zero attached hydrogens (tertiary/aromatic N) is 1. The summed E-state index contributed by atoms with van der Waals surface area (Å²) in [4.78, 5) is 14.1. The van der Waals surface area contributed by atoms with Gasteiger partial charge in [0.15, 0.2) is 0 Å². The van der Waals surface area contributed by atoms with Crippen LogP contribution in [-0.2, 0) is 0 Å². The summed E-state index contributed by atoms with van der Waals surface area (Å²) in [6, 6.07) is 1.38. The Kier molecular flexibility index (Phi) is 6.96. The number of ether oxygens (including phenoxy) is 1. The van der Waals surface area contributed by atoms with Gasteiger partial charge in [-0.15, -0.1) is 0 Å². The van der Waals surface area contributed by atoms with Crippen molar-refractivity contribution < 1.29 is 14.6 Å². The number of carboxylic acid groups (broad SMARTS) is 1. The number of rotatable bonds is 7. The van der Waals surface area contributed by atoms with Crippen LogP contribution in [0, 0.1) is 5.92 Å². The Balaban J connectivity index is 2.34. The molecule has 3 N–H and O–H groups in total. The first-order valence-corrected chi connectivity index (χ1v) is 9.39. The smallest absolute Gasteiger partial charge is 0.339 e. The molecule has 1 aromatic carbocycles. The van der Waals surface area contributed by atoms with Gasteiger partial charge in [-0.2, -0.15) is 0 Å². The fourth-order valence-electron chi connectivity index (χ4n) is 3.82. The molecule has 6 heteroatoms. The number of aromatic carboxylic acids is 1. The van der Waals surface area contributed by atoms with Gasteiger partial charge in [0.05, 0.1) is 17.8 Å². The summed E-state index contributed by atoms with van der Waals surface area (Å²) >= 11 is 6.22. The molecular weight excluding hydrogens is 340 g/mol. The van der Waals surface area contributed by atoms with E-state index in [0.29, 0.717) is 17.4 Å². The number of hydrogen-bond acceptors (Lipinski definition) is 4. The lowest BCUT2D eigenvalue weighted by Gasteiger charge is -2.37. The number of hydrogen-bond donors (Lipinski definition) is 2. The molecule has 0 aromatic heterocycles. The van der Waals surface area contributed by atoms with Crippen molar-refractivity contribution in [3.63, 3.8) is 0 Å². The number of nitrogens with two attached hydrogens (primary N) is 1. The topological polar surface area (TPSA) is 75.8 Å². The van der Waals surface area contributed by atoms with Crippen LogP contribution in [-0.4, -0.2) is 42.7 Å². The standard InChI is InChI=1S/C19H29ClN2O3/c1-4-5-8-22-9-6-7-13(11-22)12(2)16-17(21)15(20)10-14(19(23)24)18(16)25-3/h10,12-13H,4-9,11,21H2,1-3H3,(H,23,24). The molecule has 5 nitrogen and oxygen atoms in total. The van der Waals surface area contributed by atoms with Crippen LogP contribution in [0.15, 0.2) is 6.07 Å². The molecule has 2 atom stereocenters. The van der Waals surface area contributed by atoms with Crippen molar-refractivity contribution in [2.75, 3.05) is 32.5 Å². The molecule has 0 saturated carbocycles. The molecule has 1 aliphatic heterocycles. The number of methoxy groups -OCH3 is 1. The second kappa shape index (κ2) is 8.77. The molecule has 2 rings (SSSR count). The van der Waals surface area contributed by atoms with Crippen molar-refractivity contribution in [2.45, 2.75) is 45.4 Å². The number of carboxylic acids is 1. The van der Waals surface area contributed by atoms with Crippen molar-refractivity contribution in [1.29, 1.82) is 0 Å². The molecule has 0 radical (unpaired) electrons. The van der Waals surface area contributed by atoms with Crippen LogP contribution in [0.1, 0.15) is 61.4 Å². The van der Waals surface area contributed by atoms with Gasteiger partial charge in [-0.1, -0.05) is 31.9 Å². The highest BCUT2D eigenvalue weighted by molar-refractivity contribution is 6.33. The summed E-state index contributed by atoms with van der Waals surface area (Å²) in [5.74, 6) is -0.230. The summed E-state index contributed by atoms with van der Waals surface area (Å²) in [6.07, 6.45) is 4.63. The molecule has 1 aromatic rings. The van der Waals surface area contributed by atoms with Crippen LogP contribution >= 0.6 is 11.6 Å². The predicted octanol–water partition coefficient (Wildman–Crippen LogP) is 4.24. The molecule has 0 aliphatic carbocycles. The third-order valence-corrected chi connectivity index (χ3v) is 5.59. The third kappa shape index (κ3) is 4.39. The van der Waals surface area contributed by atoms with E-state index in [0.717, 1.165) is 38.0 Å². The van der Waals surface area contributed by atoms with E-state index in [1.165, 1.54) is 26.0 Å². The normalized spacial score (nSPS) is 19.6. The highest BCUT2D eigenvalue weighted by Gasteiger charge is 2.31. The maximum Gasteiger partial charge on any atom is 0.339 e. The Hall–Kier alpha value is -1.46. The van der Waals surface area contributed by atoms with Gasteiger partial charge in [0, 0.05) is 12.1 Å². The summed E-state index contributed by atoms with van der Waals surface area (Å²) < 4.78 is 5.44. The molecule has 2 unspecified atom stereocenters. The number of unbranched alkanes of at least 4 members (excludes halogenated alkanes) is 1. The second-order valence-electron chi connectivity index (χ2n) is 6.92. The van der Waals surface area contributed by atoms with Gasteiger partial charge in [0.2, 0.25) is 0 Å². The Bertz CT molecular complexity index is 621. The monoisotopic (exact) mass is 368 g/mol. The minimum atomic E-state index is -1.06. The molecule has 0 spiro atoms. The van der Waals surface area contributed by atoms with Gasteiger partial charge in [-0.3, -0.25) is 0 Å². The summed E-state index contributed by atoms with van der Waals surface area (Å²) in [7, 11) is 1.49. The minimum Gasteiger partial charge on any atom is -0.495 e. The van der Waals surface area contributed by atoms with Crippen LogP contribution in [0.25, 0.3) is 0 Å². The van der Waals surface area contributed by atoms with Gasteiger partial charge in [-0.25, -0.2) is 4.79 Å². The first-order chi connectivity index (χ1) is 11.9. The number of anilines is 1. The lowest BCUT2D eigenvalue weighted by Crippen LogP contribution is -2.38. The van der Waals surface area contributed by atoms with Gasteiger partial charge >= 0.3 is 5.97 Å². The predicted molar refractivity (Wildman–Crippen MR) is 102 cm³/mol. The molecule has 25 heavy (non-hydrogen) atoms. The highest BCUT2D eigenvalue weighted by Crippen LogP contribution is 2.44. The van der Waals surface area contributed by atoms with Gasteiger partial charge in [0.1, 0.15) is 11.3 Å². The average Bonchev–Trinajstić information content (AvgIpc) is 2.61. The zero-order valence-corrected chi connectivity index (χ0v) is 16.1. The largest absolute Gasteiger partial charge is 0.495 e. The molecule has 1 aliphatic rings. The van der Waals surface area contributed by atoms with Crippen LogP contribution in [0.3, 0.4) is 0 Å². The zero-order valence-electron chi connectivity index (χ0n) is 15.3. The molecule has 0 amide bonds. The van der Waals surface area contributed by atoms with Crippen LogP contribution < -0.4 is 10.5 Å². The summed E-state index contributed by atoms with van der Waals surface area (Å²) in [5.41, 5.74) is 7.47. The number of nitrogen functional groups attached to an aromatic ring is 1. The summed E-state index contributed by atoms with van der Waals surface area (Å²) in [5, 5.41) is 9.76. The van der Waals surface area contributed by atoms with E-state index in [1.807, 2.05) is 0 Å². The number of halogens is 1.